The van der Waals surface area contributed by atoms with Crippen LogP contribution in [0, 0.1) is 13.8 Å². The molecule has 0 spiro atoms. The number of ether oxygens (including phenoxy) is 1. The van der Waals surface area contributed by atoms with Crippen LogP contribution in [0.4, 0.5) is 0 Å². The Morgan fingerprint density at radius 2 is 1.96 bits per heavy atom. The van der Waals surface area contributed by atoms with Gasteiger partial charge in [0.1, 0.15) is 5.69 Å². The third kappa shape index (κ3) is 3.31. The number of H-pyrrole nitrogens is 1. The Kier molecular flexibility index (Phi) is 4.66. The van der Waals surface area contributed by atoms with E-state index in [1.165, 1.54) is 11.1 Å². The number of benzene rings is 1. The molecule has 3 rings (SSSR count). The van der Waals surface area contributed by atoms with Crippen molar-refractivity contribution in [2.75, 3.05) is 0 Å². The Morgan fingerprint density at radius 1 is 1.24 bits per heavy atom. The minimum Gasteiger partial charge on any atom is -0.459 e. The van der Waals surface area contributed by atoms with Gasteiger partial charge in [0.25, 0.3) is 5.91 Å². The largest absolute Gasteiger partial charge is 0.459 e. The molecule has 2 N–H and O–H groups in total. The van der Waals surface area contributed by atoms with Crippen molar-refractivity contribution in [3.05, 3.63) is 57.9 Å². The molecule has 1 aromatic heterocycles. The maximum atomic E-state index is 12.7. The van der Waals surface area contributed by atoms with E-state index in [-0.39, 0.29) is 18.1 Å². The summed E-state index contributed by atoms with van der Waals surface area (Å²) in [6.07, 6.45) is 1.66. The van der Waals surface area contributed by atoms with Crippen molar-refractivity contribution in [3.63, 3.8) is 0 Å². The van der Waals surface area contributed by atoms with Gasteiger partial charge < -0.3 is 15.0 Å². The minimum atomic E-state index is -0.397. The highest BCUT2D eigenvalue weighted by Crippen LogP contribution is 2.31. The Labute approximate surface area is 147 Å². The number of hydrogen-bond acceptors (Lipinski definition) is 3. The molecule has 1 aromatic carbocycles. The molecule has 0 radical (unpaired) electrons. The van der Waals surface area contributed by atoms with Gasteiger partial charge in [0.15, 0.2) is 0 Å². The molecule has 0 saturated heterocycles. The highest BCUT2D eigenvalue weighted by molar-refractivity contribution is 6.00. The minimum absolute atomic E-state index is 0.0118. The fourth-order valence-electron chi connectivity index (χ4n) is 3.49. The van der Waals surface area contributed by atoms with Gasteiger partial charge in [-0.3, -0.25) is 4.79 Å². The second-order valence-electron chi connectivity index (χ2n) is 6.84. The van der Waals surface area contributed by atoms with E-state index in [2.05, 4.69) is 22.4 Å². The summed E-state index contributed by atoms with van der Waals surface area (Å²) in [5, 5.41) is 3.09. The lowest BCUT2D eigenvalue weighted by atomic mass is 10.1. The number of aromatic amines is 1. The molecular formula is C20H24N2O3. The first-order chi connectivity index (χ1) is 11.9. The zero-order valence-corrected chi connectivity index (χ0v) is 15.1. The molecular weight excluding hydrogens is 316 g/mol. The predicted molar refractivity (Wildman–Crippen MR) is 95.8 cm³/mol. The summed E-state index contributed by atoms with van der Waals surface area (Å²) in [6, 6.07) is 8.19. The molecule has 5 heteroatoms. The molecule has 2 aromatic rings. The quantitative estimate of drug-likeness (QED) is 0.835. The lowest BCUT2D eigenvalue weighted by Gasteiger charge is -2.14. The normalized spacial score (nSPS) is 16.0. The van der Waals surface area contributed by atoms with Gasteiger partial charge in [0, 0.05) is 5.69 Å². The third-order valence-corrected chi connectivity index (χ3v) is 4.65. The third-order valence-electron chi connectivity index (χ3n) is 4.65. The van der Waals surface area contributed by atoms with E-state index in [0.29, 0.717) is 22.5 Å². The number of amides is 1. The molecule has 1 heterocycles. The van der Waals surface area contributed by atoms with Crippen molar-refractivity contribution in [2.45, 2.75) is 52.7 Å². The smallest absolute Gasteiger partial charge is 0.340 e. The number of carbonyl (C=O) groups excluding carboxylic acids is 2. The zero-order valence-electron chi connectivity index (χ0n) is 15.1. The molecule has 0 bridgehead atoms. The number of nitrogens with one attached hydrogen (secondary N) is 2. The van der Waals surface area contributed by atoms with E-state index in [1.54, 1.807) is 27.7 Å². The van der Waals surface area contributed by atoms with Crippen LogP contribution in [-0.4, -0.2) is 23.0 Å². The number of carbonyl (C=O) groups is 2. The molecule has 0 aliphatic heterocycles. The van der Waals surface area contributed by atoms with Crippen LogP contribution in [0.5, 0.6) is 0 Å². The summed E-state index contributed by atoms with van der Waals surface area (Å²) in [4.78, 5) is 28.1. The summed E-state index contributed by atoms with van der Waals surface area (Å²) < 4.78 is 5.28. The fraction of sp³-hybridized carbons (Fsp3) is 0.400. The second kappa shape index (κ2) is 6.75. The van der Waals surface area contributed by atoms with Crippen LogP contribution in [-0.2, 0) is 11.2 Å². The van der Waals surface area contributed by atoms with Crippen molar-refractivity contribution < 1.29 is 14.3 Å². The van der Waals surface area contributed by atoms with Crippen LogP contribution in [0.3, 0.4) is 0 Å². The van der Waals surface area contributed by atoms with E-state index in [9.17, 15) is 9.59 Å². The molecule has 5 nitrogen and oxygen atoms in total. The van der Waals surface area contributed by atoms with Gasteiger partial charge in [-0.25, -0.2) is 4.79 Å². The SMILES string of the molecule is Cc1[nH]c(C(=O)N[C@@H]2CCc3ccccc32)c(C)c1C(=O)OC(C)C. The zero-order chi connectivity index (χ0) is 18.1. The first kappa shape index (κ1) is 17.3. The molecule has 1 amide bonds. The Morgan fingerprint density at radius 3 is 2.68 bits per heavy atom. The fourth-order valence-corrected chi connectivity index (χ4v) is 3.49. The molecule has 25 heavy (non-hydrogen) atoms. The van der Waals surface area contributed by atoms with Crippen LogP contribution in [0.2, 0.25) is 0 Å². The summed E-state index contributed by atoms with van der Waals surface area (Å²) in [7, 11) is 0. The predicted octanol–water partition coefficient (Wildman–Crippen LogP) is 3.61. The monoisotopic (exact) mass is 340 g/mol. The molecule has 132 valence electrons. The number of esters is 1. The van der Waals surface area contributed by atoms with E-state index in [4.69, 9.17) is 4.74 Å². The van der Waals surface area contributed by atoms with Crippen molar-refractivity contribution in [2.24, 2.45) is 0 Å². The number of rotatable bonds is 4. The van der Waals surface area contributed by atoms with Crippen LogP contribution in [0.1, 0.15) is 69.5 Å². The average Bonchev–Trinajstić information content (AvgIpc) is 3.08. The molecule has 1 aliphatic rings. The second-order valence-corrected chi connectivity index (χ2v) is 6.84. The Bertz CT molecular complexity index is 820. The first-order valence-electron chi connectivity index (χ1n) is 8.67. The lowest BCUT2D eigenvalue weighted by molar-refractivity contribution is 0.0376. The van der Waals surface area contributed by atoms with Crippen molar-refractivity contribution >= 4 is 11.9 Å². The van der Waals surface area contributed by atoms with Crippen LogP contribution < -0.4 is 5.32 Å². The topological polar surface area (TPSA) is 71.2 Å². The molecule has 1 aliphatic carbocycles. The van der Waals surface area contributed by atoms with E-state index < -0.39 is 5.97 Å². The molecule has 0 unspecified atom stereocenters. The van der Waals surface area contributed by atoms with E-state index in [0.717, 1.165) is 12.8 Å². The summed E-state index contributed by atoms with van der Waals surface area (Å²) in [5.41, 5.74) is 4.62. The number of aromatic nitrogens is 1. The van der Waals surface area contributed by atoms with Crippen molar-refractivity contribution in [1.82, 2.24) is 10.3 Å². The van der Waals surface area contributed by atoms with Gasteiger partial charge in [-0.15, -0.1) is 0 Å². The Hall–Kier alpha value is -2.56. The molecule has 0 saturated carbocycles. The van der Waals surface area contributed by atoms with Gasteiger partial charge in [-0.05, 0) is 57.2 Å². The molecule has 1 atom stereocenters. The van der Waals surface area contributed by atoms with E-state index >= 15 is 0 Å². The van der Waals surface area contributed by atoms with Crippen molar-refractivity contribution in [3.8, 4) is 0 Å². The van der Waals surface area contributed by atoms with Gasteiger partial charge in [-0.1, -0.05) is 24.3 Å². The first-order valence-corrected chi connectivity index (χ1v) is 8.67. The highest BCUT2D eigenvalue weighted by Gasteiger charge is 2.27. The number of aryl methyl sites for hydroxylation is 2. The maximum absolute atomic E-state index is 12.7. The summed E-state index contributed by atoms with van der Waals surface area (Å²) in [5.74, 6) is -0.586. The standard InChI is InChI=1S/C20H24N2O3/c1-11(2)25-20(24)17-12(3)18(21-13(17)4)19(23)22-16-10-9-14-7-5-6-8-15(14)16/h5-8,11,16,21H,9-10H2,1-4H3,(H,22,23)/t16-/m1/s1. The number of fused-ring (bicyclic) bond motifs is 1. The van der Waals surface area contributed by atoms with Gasteiger partial charge in [-0.2, -0.15) is 0 Å². The Balaban J connectivity index is 1.81. The summed E-state index contributed by atoms with van der Waals surface area (Å²) >= 11 is 0. The highest BCUT2D eigenvalue weighted by atomic mass is 16.5. The van der Waals surface area contributed by atoms with E-state index in [1.807, 2.05) is 12.1 Å². The van der Waals surface area contributed by atoms with Crippen molar-refractivity contribution in [1.29, 1.82) is 0 Å². The van der Waals surface area contributed by atoms with Crippen LogP contribution >= 0.6 is 0 Å². The molecule has 0 fully saturated rings. The van der Waals surface area contributed by atoms with Gasteiger partial charge in [0.05, 0.1) is 17.7 Å². The van der Waals surface area contributed by atoms with Crippen LogP contribution in [0.25, 0.3) is 0 Å². The lowest BCUT2D eigenvalue weighted by Crippen LogP contribution is -2.28. The average molecular weight is 340 g/mol. The number of hydrogen-bond donors (Lipinski definition) is 2. The van der Waals surface area contributed by atoms with Crippen LogP contribution in [0.15, 0.2) is 24.3 Å². The summed E-state index contributed by atoms with van der Waals surface area (Å²) in [6.45, 7) is 7.17. The van der Waals surface area contributed by atoms with Gasteiger partial charge in [0.2, 0.25) is 0 Å². The maximum Gasteiger partial charge on any atom is 0.340 e. The van der Waals surface area contributed by atoms with Gasteiger partial charge >= 0.3 is 5.97 Å².